The Labute approximate surface area is 210 Å². The predicted octanol–water partition coefficient (Wildman–Crippen LogP) is 5.61. The fraction of sp³-hybridized carbons (Fsp3) is 0.923. The molecule has 204 valence electrons. The van der Waals surface area contributed by atoms with E-state index in [-0.39, 0.29) is 19.8 Å². The first-order valence-corrected chi connectivity index (χ1v) is 14.9. The maximum Gasteiger partial charge on any atom is 0.268 e. The van der Waals surface area contributed by atoms with Gasteiger partial charge < -0.3 is 28.3 Å². The van der Waals surface area contributed by atoms with Crippen LogP contribution < -0.4 is 4.89 Å². The third-order valence-electron chi connectivity index (χ3n) is 5.55. The summed E-state index contributed by atoms with van der Waals surface area (Å²) in [6.45, 7) is 3.12. The van der Waals surface area contributed by atoms with E-state index < -0.39 is 13.9 Å². The first kappa shape index (κ1) is 33.7. The molecule has 7 nitrogen and oxygen atoms in total. The zero-order valence-corrected chi connectivity index (χ0v) is 23.4. The van der Waals surface area contributed by atoms with Gasteiger partial charge in [-0.3, -0.25) is 4.57 Å². The van der Waals surface area contributed by atoms with Crippen molar-refractivity contribution in [3.05, 3.63) is 12.2 Å². The highest BCUT2D eigenvalue weighted by atomic mass is 31.2. The van der Waals surface area contributed by atoms with Crippen molar-refractivity contribution in [2.75, 3.05) is 54.1 Å². The zero-order valence-electron chi connectivity index (χ0n) is 22.5. The van der Waals surface area contributed by atoms with Crippen molar-refractivity contribution < 1.29 is 32.8 Å². The second-order valence-corrected chi connectivity index (χ2v) is 11.7. The van der Waals surface area contributed by atoms with Gasteiger partial charge in [0.05, 0.1) is 34.4 Å². The second-order valence-electron chi connectivity index (χ2n) is 10.3. The van der Waals surface area contributed by atoms with Gasteiger partial charge in [-0.25, -0.2) is 0 Å². The molecule has 0 heterocycles. The van der Waals surface area contributed by atoms with E-state index in [0.29, 0.717) is 17.6 Å². The van der Waals surface area contributed by atoms with Crippen molar-refractivity contribution in [2.45, 2.75) is 103 Å². The number of aliphatic hydroxyl groups is 1. The van der Waals surface area contributed by atoms with Crippen molar-refractivity contribution in [1.82, 2.24) is 0 Å². The van der Waals surface area contributed by atoms with Gasteiger partial charge in [-0.05, 0) is 32.1 Å². The average molecular weight is 508 g/mol. The highest BCUT2D eigenvalue weighted by molar-refractivity contribution is 7.45. The standard InChI is InChI=1S/C26H54NO6P/c1-5-6-7-8-9-10-11-12-13-14-15-16-17-18-19-20-22-31-24-26(28)25-33-34(29,30)32-23-21-27(2,3)4/h12-13,26,28H,5-11,14-25H2,1-4H3/b13-12-/t26-/m0/s1. The lowest BCUT2D eigenvalue weighted by atomic mass is 10.1. The summed E-state index contributed by atoms with van der Waals surface area (Å²) in [4.78, 5) is 11.7. The van der Waals surface area contributed by atoms with Crippen molar-refractivity contribution >= 4 is 7.82 Å². The molecule has 0 aromatic heterocycles. The Kier molecular flexibility index (Phi) is 21.8. The van der Waals surface area contributed by atoms with Crippen LogP contribution in [0.4, 0.5) is 0 Å². The molecule has 0 aromatic rings. The van der Waals surface area contributed by atoms with Crippen LogP contribution in [0.25, 0.3) is 0 Å². The third-order valence-corrected chi connectivity index (χ3v) is 6.51. The molecular weight excluding hydrogens is 453 g/mol. The van der Waals surface area contributed by atoms with Crippen molar-refractivity contribution in [3.63, 3.8) is 0 Å². The van der Waals surface area contributed by atoms with Gasteiger partial charge in [0.15, 0.2) is 0 Å². The minimum absolute atomic E-state index is 0.0484. The average Bonchev–Trinajstić information content (AvgIpc) is 2.76. The molecule has 0 aliphatic carbocycles. The van der Waals surface area contributed by atoms with Crippen LogP contribution in [0.2, 0.25) is 0 Å². The van der Waals surface area contributed by atoms with Crippen LogP contribution in [-0.4, -0.2) is 69.8 Å². The molecule has 1 unspecified atom stereocenters. The quantitative estimate of drug-likeness (QED) is 0.0748. The van der Waals surface area contributed by atoms with Gasteiger partial charge >= 0.3 is 0 Å². The normalized spacial score (nSPS) is 15.1. The van der Waals surface area contributed by atoms with E-state index in [4.69, 9.17) is 13.8 Å². The lowest BCUT2D eigenvalue weighted by Gasteiger charge is -2.27. The van der Waals surface area contributed by atoms with E-state index >= 15 is 0 Å². The number of likely N-dealkylation sites (N-methyl/N-ethyl adjacent to an activating group) is 1. The van der Waals surface area contributed by atoms with Crippen molar-refractivity contribution in [1.29, 1.82) is 0 Å². The molecule has 0 aromatic carbocycles. The van der Waals surface area contributed by atoms with Crippen molar-refractivity contribution in [3.8, 4) is 0 Å². The maximum absolute atomic E-state index is 11.7. The molecule has 0 rings (SSSR count). The smallest absolute Gasteiger partial charge is 0.268 e. The topological polar surface area (TPSA) is 88.0 Å². The number of aliphatic hydroxyl groups excluding tert-OH is 1. The highest BCUT2D eigenvalue weighted by Gasteiger charge is 2.15. The van der Waals surface area contributed by atoms with Crippen LogP contribution in [0.5, 0.6) is 0 Å². The van der Waals surface area contributed by atoms with Gasteiger partial charge in [-0.15, -0.1) is 0 Å². The van der Waals surface area contributed by atoms with E-state index in [0.717, 1.165) is 12.8 Å². The van der Waals surface area contributed by atoms with Gasteiger partial charge in [-0.1, -0.05) is 76.9 Å². The molecule has 34 heavy (non-hydrogen) atoms. The molecule has 1 N–H and O–H groups in total. The Bertz CT molecular complexity index is 524. The SMILES string of the molecule is CCCCCCCC/C=C\CCCCCCCCOC[C@H](O)COP(=O)([O-])OCC[N+](C)(C)C. The van der Waals surface area contributed by atoms with Crippen LogP contribution >= 0.6 is 7.82 Å². The number of unbranched alkanes of at least 4 members (excludes halogenated alkanes) is 12. The Morgan fingerprint density at radius 3 is 1.88 bits per heavy atom. The molecule has 2 atom stereocenters. The second kappa shape index (κ2) is 22.0. The molecular formula is C26H54NO6P. The predicted molar refractivity (Wildman–Crippen MR) is 139 cm³/mol. The van der Waals surface area contributed by atoms with E-state index in [1.807, 2.05) is 21.1 Å². The summed E-state index contributed by atoms with van der Waals surface area (Å²) in [5.74, 6) is 0. The third kappa shape index (κ3) is 26.3. The van der Waals surface area contributed by atoms with Gasteiger partial charge in [0, 0.05) is 6.61 Å². The number of hydrogen-bond donors (Lipinski definition) is 1. The van der Waals surface area contributed by atoms with Gasteiger partial charge in [-0.2, -0.15) is 0 Å². The summed E-state index contributed by atoms with van der Waals surface area (Å²) >= 11 is 0. The molecule has 8 heteroatoms. The first-order chi connectivity index (χ1) is 16.2. The number of rotatable bonds is 25. The van der Waals surface area contributed by atoms with E-state index in [1.54, 1.807) is 0 Å². The zero-order chi connectivity index (χ0) is 25.5. The molecule has 0 bridgehead atoms. The number of phosphoric ester groups is 1. The van der Waals surface area contributed by atoms with E-state index in [1.165, 1.54) is 77.0 Å². The summed E-state index contributed by atoms with van der Waals surface area (Å²) in [6, 6.07) is 0. The molecule has 0 aliphatic heterocycles. The van der Waals surface area contributed by atoms with E-state index in [9.17, 15) is 14.6 Å². The number of nitrogens with zero attached hydrogens (tertiary/aromatic N) is 1. The summed E-state index contributed by atoms with van der Waals surface area (Å²) in [5.41, 5.74) is 0. The molecule has 0 saturated heterocycles. The fourth-order valence-corrected chi connectivity index (χ4v) is 4.09. The minimum Gasteiger partial charge on any atom is -0.756 e. The highest BCUT2D eigenvalue weighted by Crippen LogP contribution is 2.38. The Balaban J connectivity index is 3.43. The Morgan fingerprint density at radius 1 is 0.794 bits per heavy atom. The number of hydrogen-bond acceptors (Lipinski definition) is 6. The monoisotopic (exact) mass is 507 g/mol. The molecule has 0 spiro atoms. The molecule has 0 saturated carbocycles. The maximum atomic E-state index is 11.7. The van der Waals surface area contributed by atoms with Crippen LogP contribution in [0.3, 0.4) is 0 Å². The largest absolute Gasteiger partial charge is 0.756 e. The van der Waals surface area contributed by atoms with Gasteiger partial charge in [0.1, 0.15) is 19.3 Å². The van der Waals surface area contributed by atoms with E-state index in [2.05, 4.69) is 19.1 Å². The van der Waals surface area contributed by atoms with Crippen molar-refractivity contribution in [2.24, 2.45) is 0 Å². The number of quaternary nitrogens is 1. The first-order valence-electron chi connectivity index (χ1n) is 13.5. The summed E-state index contributed by atoms with van der Waals surface area (Å²) in [7, 11) is 1.44. The van der Waals surface area contributed by atoms with Crippen LogP contribution in [0.15, 0.2) is 12.2 Å². The molecule has 0 aliphatic rings. The van der Waals surface area contributed by atoms with Crippen LogP contribution in [-0.2, 0) is 18.3 Å². The molecule has 0 radical (unpaired) electrons. The fourth-order valence-electron chi connectivity index (χ4n) is 3.36. The molecule has 0 amide bonds. The number of ether oxygens (including phenoxy) is 1. The van der Waals surface area contributed by atoms with Gasteiger partial charge in [0.2, 0.25) is 0 Å². The lowest BCUT2D eigenvalue weighted by Crippen LogP contribution is -2.37. The van der Waals surface area contributed by atoms with Gasteiger partial charge in [0.25, 0.3) is 7.82 Å². The van der Waals surface area contributed by atoms with Crippen LogP contribution in [0, 0.1) is 0 Å². The summed E-state index contributed by atoms with van der Waals surface area (Å²) in [5, 5.41) is 9.83. The summed E-state index contributed by atoms with van der Waals surface area (Å²) < 4.78 is 27.2. The van der Waals surface area contributed by atoms with Crippen LogP contribution in [0.1, 0.15) is 96.8 Å². The Morgan fingerprint density at radius 2 is 1.32 bits per heavy atom. The molecule has 0 fully saturated rings. The lowest BCUT2D eigenvalue weighted by molar-refractivity contribution is -0.870. The number of phosphoric acid groups is 1. The number of allylic oxidation sites excluding steroid dienone is 2. The minimum atomic E-state index is -4.39. The summed E-state index contributed by atoms with van der Waals surface area (Å²) in [6.07, 6.45) is 21.3. The Hall–Kier alpha value is -0.270.